The molecule has 66 valence electrons. The van der Waals surface area contributed by atoms with Gasteiger partial charge in [-0.25, -0.2) is 9.97 Å². The normalized spacial score (nSPS) is 10.3. The van der Waals surface area contributed by atoms with Crippen LogP contribution in [0.1, 0.15) is 0 Å². The van der Waals surface area contributed by atoms with Gasteiger partial charge < -0.3 is 0 Å². The quantitative estimate of drug-likeness (QED) is 0.743. The van der Waals surface area contributed by atoms with Gasteiger partial charge in [-0.2, -0.15) is 0 Å². The van der Waals surface area contributed by atoms with Crippen LogP contribution >= 0.6 is 38.9 Å². The molecule has 2 aromatic rings. The maximum absolute atomic E-state index is 5.81. The molecule has 0 bridgehead atoms. The third kappa shape index (κ3) is 2.07. The zero-order valence-electron chi connectivity index (χ0n) is 6.37. The predicted octanol–water partition coefficient (Wildman–Crippen LogP) is 3.62. The molecule has 2 rings (SSSR count). The van der Waals surface area contributed by atoms with Crippen molar-refractivity contribution in [2.45, 2.75) is 0 Å². The van der Waals surface area contributed by atoms with Gasteiger partial charge in [0, 0.05) is 6.20 Å². The van der Waals surface area contributed by atoms with Gasteiger partial charge in [0.25, 0.3) is 0 Å². The first-order valence-electron chi connectivity index (χ1n) is 3.50. The van der Waals surface area contributed by atoms with Gasteiger partial charge in [0.15, 0.2) is 4.73 Å². The molecular formula is C8H4BrClN2S. The van der Waals surface area contributed by atoms with E-state index in [1.54, 1.807) is 6.20 Å². The van der Waals surface area contributed by atoms with Crippen molar-refractivity contribution in [3.8, 4) is 10.6 Å². The van der Waals surface area contributed by atoms with E-state index in [-0.39, 0.29) is 0 Å². The van der Waals surface area contributed by atoms with Crippen molar-refractivity contribution in [1.29, 1.82) is 0 Å². The zero-order valence-corrected chi connectivity index (χ0v) is 9.53. The van der Waals surface area contributed by atoms with Crippen LogP contribution < -0.4 is 0 Å². The number of thiophene rings is 1. The first-order chi connectivity index (χ1) is 6.25. The number of nitrogens with zero attached hydrogens (tertiary/aromatic N) is 2. The molecule has 2 nitrogen and oxygen atoms in total. The van der Waals surface area contributed by atoms with Crippen LogP contribution in [0.3, 0.4) is 0 Å². The maximum Gasteiger partial charge on any atom is 0.197 e. The third-order valence-electron chi connectivity index (χ3n) is 1.45. The summed E-state index contributed by atoms with van der Waals surface area (Å²) in [4.78, 5) is 9.21. The number of halogens is 2. The van der Waals surface area contributed by atoms with E-state index >= 15 is 0 Å². The van der Waals surface area contributed by atoms with Crippen molar-refractivity contribution >= 4 is 38.9 Å². The fourth-order valence-electron chi connectivity index (χ4n) is 0.924. The van der Waals surface area contributed by atoms with Crippen LogP contribution in [-0.2, 0) is 0 Å². The van der Waals surface area contributed by atoms with Crippen LogP contribution in [0.2, 0.25) is 4.34 Å². The van der Waals surface area contributed by atoms with Crippen molar-refractivity contribution in [2.24, 2.45) is 0 Å². The molecule has 0 amide bonds. The summed E-state index contributed by atoms with van der Waals surface area (Å²) in [5.74, 6) is 0. The van der Waals surface area contributed by atoms with Gasteiger partial charge in [0.05, 0.1) is 14.9 Å². The minimum Gasteiger partial charge on any atom is -0.231 e. The van der Waals surface area contributed by atoms with Crippen molar-refractivity contribution < 1.29 is 0 Å². The minimum atomic E-state index is 0.592. The standard InChI is InChI=1S/C8H4BrClN2S/c9-8-11-4-3-5(12-8)6-1-2-7(10)13-6/h1-4H. The summed E-state index contributed by atoms with van der Waals surface area (Å²) in [7, 11) is 0. The van der Waals surface area contributed by atoms with Crippen LogP contribution in [0.5, 0.6) is 0 Å². The third-order valence-corrected chi connectivity index (χ3v) is 3.09. The lowest BCUT2D eigenvalue weighted by atomic mass is 10.3. The van der Waals surface area contributed by atoms with Gasteiger partial charge in [0.1, 0.15) is 0 Å². The molecule has 2 heterocycles. The van der Waals surface area contributed by atoms with E-state index in [0.717, 1.165) is 14.9 Å². The Hall–Kier alpha value is -0.450. The molecule has 0 saturated heterocycles. The zero-order chi connectivity index (χ0) is 9.26. The van der Waals surface area contributed by atoms with Crippen LogP contribution in [0.4, 0.5) is 0 Å². The summed E-state index contributed by atoms with van der Waals surface area (Å²) < 4.78 is 1.36. The summed E-state index contributed by atoms with van der Waals surface area (Å²) in [6.07, 6.45) is 1.71. The van der Waals surface area contributed by atoms with Gasteiger partial charge in [-0.15, -0.1) is 11.3 Å². The molecule has 0 N–H and O–H groups in total. The monoisotopic (exact) mass is 274 g/mol. The van der Waals surface area contributed by atoms with Crippen LogP contribution in [0, 0.1) is 0 Å². The molecule has 0 aliphatic heterocycles. The van der Waals surface area contributed by atoms with E-state index in [9.17, 15) is 0 Å². The molecule has 0 unspecified atom stereocenters. The smallest absolute Gasteiger partial charge is 0.197 e. The lowest BCUT2D eigenvalue weighted by Gasteiger charge is -1.94. The minimum absolute atomic E-state index is 0.592. The second-order valence-corrected chi connectivity index (χ2v) is 4.74. The molecular weight excluding hydrogens is 272 g/mol. The van der Waals surface area contributed by atoms with Gasteiger partial charge in [-0.05, 0) is 34.1 Å². The lowest BCUT2D eigenvalue weighted by molar-refractivity contribution is 1.12. The maximum atomic E-state index is 5.81. The van der Waals surface area contributed by atoms with Gasteiger partial charge in [0.2, 0.25) is 0 Å². The summed E-state index contributed by atoms with van der Waals surface area (Å²) in [6.45, 7) is 0. The van der Waals surface area contributed by atoms with E-state index in [4.69, 9.17) is 11.6 Å². The molecule has 0 aliphatic rings. The molecule has 0 saturated carbocycles. The van der Waals surface area contributed by atoms with E-state index in [1.165, 1.54) is 11.3 Å². The van der Waals surface area contributed by atoms with E-state index in [1.807, 2.05) is 18.2 Å². The molecule has 5 heteroatoms. The predicted molar refractivity (Wildman–Crippen MR) is 58.1 cm³/mol. The van der Waals surface area contributed by atoms with Gasteiger partial charge >= 0.3 is 0 Å². The number of hydrogen-bond donors (Lipinski definition) is 0. The molecule has 0 spiro atoms. The summed E-state index contributed by atoms with van der Waals surface area (Å²) >= 11 is 10.5. The largest absolute Gasteiger partial charge is 0.231 e. The average molecular weight is 276 g/mol. The van der Waals surface area contributed by atoms with Crippen molar-refractivity contribution in [3.63, 3.8) is 0 Å². The van der Waals surface area contributed by atoms with E-state index in [2.05, 4.69) is 25.9 Å². The SMILES string of the molecule is Clc1ccc(-c2ccnc(Br)n2)s1. The topological polar surface area (TPSA) is 25.8 Å². The Morgan fingerprint density at radius 1 is 1.31 bits per heavy atom. The summed E-state index contributed by atoms with van der Waals surface area (Å²) in [5, 5.41) is 0. The Morgan fingerprint density at radius 2 is 2.15 bits per heavy atom. The number of aromatic nitrogens is 2. The van der Waals surface area contributed by atoms with Gasteiger partial charge in [-0.3, -0.25) is 0 Å². The Labute approximate surface area is 92.7 Å². The fraction of sp³-hybridized carbons (Fsp3) is 0. The first kappa shape index (κ1) is 9.12. The molecule has 0 aliphatic carbocycles. The Balaban J connectivity index is 2.46. The molecule has 0 atom stereocenters. The second-order valence-electron chi connectivity index (χ2n) is 2.31. The highest BCUT2D eigenvalue weighted by atomic mass is 79.9. The first-order valence-corrected chi connectivity index (χ1v) is 5.49. The Bertz CT molecular complexity index is 430. The summed E-state index contributed by atoms with van der Waals surface area (Å²) in [6, 6.07) is 5.66. The van der Waals surface area contributed by atoms with Crippen molar-refractivity contribution in [3.05, 3.63) is 33.5 Å². The molecule has 13 heavy (non-hydrogen) atoms. The van der Waals surface area contributed by atoms with Crippen molar-refractivity contribution in [2.75, 3.05) is 0 Å². The molecule has 0 fully saturated rings. The van der Waals surface area contributed by atoms with Crippen molar-refractivity contribution in [1.82, 2.24) is 9.97 Å². The molecule has 0 aromatic carbocycles. The van der Waals surface area contributed by atoms with E-state index < -0.39 is 0 Å². The fourth-order valence-corrected chi connectivity index (χ4v) is 2.25. The van der Waals surface area contributed by atoms with Crippen LogP contribution in [-0.4, -0.2) is 9.97 Å². The molecule has 0 radical (unpaired) electrons. The van der Waals surface area contributed by atoms with Gasteiger partial charge in [-0.1, -0.05) is 11.6 Å². The number of hydrogen-bond acceptors (Lipinski definition) is 3. The molecule has 2 aromatic heterocycles. The highest BCUT2D eigenvalue weighted by Crippen LogP contribution is 2.29. The van der Waals surface area contributed by atoms with Crippen LogP contribution in [0.15, 0.2) is 29.1 Å². The highest BCUT2D eigenvalue weighted by molar-refractivity contribution is 9.10. The Morgan fingerprint density at radius 3 is 2.77 bits per heavy atom. The highest BCUT2D eigenvalue weighted by Gasteiger charge is 2.03. The lowest BCUT2D eigenvalue weighted by Crippen LogP contribution is -1.83. The Kier molecular flexibility index (Phi) is 2.62. The number of rotatable bonds is 1. The average Bonchev–Trinajstić information content (AvgIpc) is 2.52. The van der Waals surface area contributed by atoms with Crippen LogP contribution in [0.25, 0.3) is 10.6 Å². The second kappa shape index (κ2) is 3.74. The van der Waals surface area contributed by atoms with E-state index in [0.29, 0.717) is 4.73 Å². The summed E-state index contributed by atoms with van der Waals surface area (Å²) in [5.41, 5.74) is 0.888.